The van der Waals surface area contributed by atoms with Crippen molar-refractivity contribution in [3.05, 3.63) is 30.8 Å². The molecule has 3 aromatic rings. The molecule has 8 heteroatoms. The lowest BCUT2D eigenvalue weighted by Gasteiger charge is -2.05. The highest BCUT2D eigenvalue weighted by Crippen LogP contribution is 2.14. The SMILES string of the molecule is Nc1cn2ccnc2c(NCc2ncon2)n1. The first kappa shape index (κ1) is 9.58. The summed E-state index contributed by atoms with van der Waals surface area (Å²) in [7, 11) is 0. The Balaban J connectivity index is 1.91. The van der Waals surface area contributed by atoms with E-state index in [2.05, 4.69) is 29.9 Å². The Morgan fingerprint density at radius 3 is 3.18 bits per heavy atom. The van der Waals surface area contributed by atoms with Gasteiger partial charge in [-0.1, -0.05) is 5.16 Å². The zero-order valence-corrected chi connectivity index (χ0v) is 8.74. The van der Waals surface area contributed by atoms with E-state index in [-0.39, 0.29) is 0 Å². The predicted octanol–water partition coefficient (Wildman–Crippen LogP) is 0.307. The van der Waals surface area contributed by atoms with Crippen LogP contribution in [-0.2, 0) is 6.54 Å². The molecule has 0 aromatic carbocycles. The van der Waals surface area contributed by atoms with Crippen molar-refractivity contribution in [1.29, 1.82) is 0 Å². The molecule has 0 amide bonds. The Bertz CT molecular complexity index is 630. The Hall–Kier alpha value is -2.64. The second-order valence-electron chi connectivity index (χ2n) is 3.37. The van der Waals surface area contributed by atoms with Gasteiger partial charge in [0.1, 0.15) is 5.82 Å². The summed E-state index contributed by atoms with van der Waals surface area (Å²) in [4.78, 5) is 12.2. The second kappa shape index (κ2) is 3.74. The molecular weight excluding hydrogens is 222 g/mol. The molecule has 86 valence electrons. The van der Waals surface area contributed by atoms with Crippen LogP contribution in [0, 0.1) is 0 Å². The van der Waals surface area contributed by atoms with Gasteiger partial charge in [0.15, 0.2) is 17.3 Å². The van der Waals surface area contributed by atoms with E-state index >= 15 is 0 Å². The zero-order chi connectivity index (χ0) is 11.7. The molecular formula is C9H9N7O. The van der Waals surface area contributed by atoms with Gasteiger partial charge in [0.25, 0.3) is 0 Å². The second-order valence-corrected chi connectivity index (χ2v) is 3.37. The van der Waals surface area contributed by atoms with Crippen molar-refractivity contribution < 1.29 is 4.52 Å². The molecule has 0 fully saturated rings. The van der Waals surface area contributed by atoms with Gasteiger partial charge in [0.2, 0.25) is 6.39 Å². The molecule has 0 spiro atoms. The Morgan fingerprint density at radius 2 is 2.35 bits per heavy atom. The van der Waals surface area contributed by atoms with E-state index in [0.717, 1.165) is 0 Å². The number of hydrogen-bond donors (Lipinski definition) is 2. The van der Waals surface area contributed by atoms with Gasteiger partial charge in [-0.25, -0.2) is 9.97 Å². The fourth-order valence-corrected chi connectivity index (χ4v) is 1.50. The number of hydrogen-bond acceptors (Lipinski definition) is 7. The first-order chi connectivity index (χ1) is 8.33. The standard InChI is InChI=1S/C9H9N7O/c10-6-4-16-2-1-11-9(16)8(14-6)12-3-7-13-5-17-15-7/h1-2,4-5H,3,10H2,(H,12,14). The Labute approximate surface area is 95.5 Å². The molecule has 3 aromatic heterocycles. The van der Waals surface area contributed by atoms with Crippen LogP contribution >= 0.6 is 0 Å². The average Bonchev–Trinajstić information content (AvgIpc) is 2.95. The number of nitrogens with two attached hydrogens (primary N) is 1. The molecule has 0 saturated heterocycles. The van der Waals surface area contributed by atoms with Crippen molar-refractivity contribution in [2.75, 3.05) is 11.1 Å². The van der Waals surface area contributed by atoms with E-state index in [1.54, 1.807) is 23.0 Å². The van der Waals surface area contributed by atoms with Crippen molar-refractivity contribution in [2.45, 2.75) is 6.54 Å². The largest absolute Gasteiger partial charge is 0.382 e. The molecule has 8 nitrogen and oxygen atoms in total. The maximum absolute atomic E-state index is 5.68. The van der Waals surface area contributed by atoms with Crippen molar-refractivity contribution in [3.63, 3.8) is 0 Å². The van der Waals surface area contributed by atoms with Gasteiger partial charge in [0, 0.05) is 12.4 Å². The van der Waals surface area contributed by atoms with Crippen LogP contribution in [0.3, 0.4) is 0 Å². The normalized spacial score (nSPS) is 10.8. The predicted molar refractivity (Wildman–Crippen MR) is 59.0 cm³/mol. The van der Waals surface area contributed by atoms with Crippen LogP contribution in [0.4, 0.5) is 11.6 Å². The van der Waals surface area contributed by atoms with Crippen molar-refractivity contribution >= 4 is 17.3 Å². The number of imidazole rings is 1. The summed E-state index contributed by atoms with van der Waals surface area (Å²) < 4.78 is 6.42. The molecule has 0 radical (unpaired) electrons. The van der Waals surface area contributed by atoms with Gasteiger partial charge in [-0.3, -0.25) is 0 Å². The summed E-state index contributed by atoms with van der Waals surface area (Å²) in [5.74, 6) is 1.53. The Kier molecular flexibility index (Phi) is 2.11. The monoisotopic (exact) mass is 231 g/mol. The van der Waals surface area contributed by atoms with Gasteiger partial charge in [0.05, 0.1) is 12.7 Å². The minimum atomic E-state index is 0.398. The minimum absolute atomic E-state index is 0.398. The molecule has 0 aliphatic rings. The molecule has 0 aliphatic heterocycles. The third kappa shape index (κ3) is 1.75. The van der Waals surface area contributed by atoms with Crippen molar-refractivity contribution in [3.8, 4) is 0 Å². The quantitative estimate of drug-likeness (QED) is 0.667. The number of aromatic nitrogens is 5. The lowest BCUT2D eigenvalue weighted by molar-refractivity contribution is 0.411. The van der Waals surface area contributed by atoms with Gasteiger partial charge >= 0.3 is 0 Å². The summed E-state index contributed by atoms with van der Waals surface area (Å²) in [5.41, 5.74) is 6.38. The van der Waals surface area contributed by atoms with Crippen LogP contribution in [-0.4, -0.2) is 24.5 Å². The molecule has 3 rings (SSSR count). The van der Waals surface area contributed by atoms with Crippen LogP contribution < -0.4 is 11.1 Å². The van der Waals surface area contributed by atoms with Crippen LogP contribution in [0.5, 0.6) is 0 Å². The number of nitrogens with zero attached hydrogens (tertiary/aromatic N) is 5. The van der Waals surface area contributed by atoms with Crippen molar-refractivity contribution in [2.24, 2.45) is 0 Å². The first-order valence-corrected chi connectivity index (χ1v) is 4.91. The molecule has 0 atom stereocenters. The van der Waals surface area contributed by atoms with Gasteiger partial charge in [-0.2, -0.15) is 4.98 Å². The van der Waals surface area contributed by atoms with Crippen LogP contribution in [0.15, 0.2) is 29.5 Å². The fourth-order valence-electron chi connectivity index (χ4n) is 1.50. The van der Waals surface area contributed by atoms with Crippen LogP contribution in [0.1, 0.15) is 5.82 Å². The molecule has 0 unspecified atom stereocenters. The maximum atomic E-state index is 5.68. The first-order valence-electron chi connectivity index (χ1n) is 4.91. The van der Waals surface area contributed by atoms with Gasteiger partial charge < -0.3 is 20.0 Å². The number of rotatable bonds is 3. The highest BCUT2D eigenvalue weighted by molar-refractivity contribution is 5.64. The lowest BCUT2D eigenvalue weighted by atomic mass is 10.5. The van der Waals surface area contributed by atoms with E-state index in [1.165, 1.54) is 6.39 Å². The van der Waals surface area contributed by atoms with E-state index in [9.17, 15) is 0 Å². The zero-order valence-electron chi connectivity index (χ0n) is 8.74. The van der Waals surface area contributed by atoms with Gasteiger partial charge in [-0.15, -0.1) is 0 Å². The highest BCUT2D eigenvalue weighted by atomic mass is 16.5. The summed E-state index contributed by atoms with van der Waals surface area (Å²) in [6, 6.07) is 0. The van der Waals surface area contributed by atoms with Crippen molar-refractivity contribution in [1.82, 2.24) is 24.5 Å². The summed E-state index contributed by atoms with van der Waals surface area (Å²) in [6.07, 6.45) is 6.44. The molecule has 3 heterocycles. The lowest BCUT2D eigenvalue weighted by Crippen LogP contribution is -2.06. The smallest absolute Gasteiger partial charge is 0.213 e. The average molecular weight is 231 g/mol. The molecule has 3 N–H and O–H groups in total. The van der Waals surface area contributed by atoms with Crippen LogP contribution in [0.2, 0.25) is 0 Å². The van der Waals surface area contributed by atoms with E-state index in [1.807, 2.05) is 0 Å². The van der Waals surface area contributed by atoms with Crippen LogP contribution in [0.25, 0.3) is 5.65 Å². The summed E-state index contributed by atoms with van der Waals surface area (Å²) in [5, 5.41) is 6.74. The third-order valence-corrected chi connectivity index (χ3v) is 2.21. The molecule has 0 bridgehead atoms. The number of fused-ring (bicyclic) bond motifs is 1. The summed E-state index contributed by atoms with van der Waals surface area (Å²) >= 11 is 0. The number of nitrogen functional groups attached to an aromatic ring is 1. The fraction of sp³-hybridized carbons (Fsp3) is 0.111. The molecule has 0 aliphatic carbocycles. The topological polar surface area (TPSA) is 107 Å². The van der Waals surface area contributed by atoms with E-state index in [4.69, 9.17) is 5.73 Å². The number of nitrogens with one attached hydrogen (secondary N) is 1. The molecule has 0 saturated carbocycles. The van der Waals surface area contributed by atoms with Gasteiger partial charge in [-0.05, 0) is 0 Å². The summed E-state index contributed by atoms with van der Waals surface area (Å²) in [6.45, 7) is 0.398. The maximum Gasteiger partial charge on any atom is 0.213 e. The highest BCUT2D eigenvalue weighted by Gasteiger charge is 2.06. The molecule has 17 heavy (non-hydrogen) atoms. The van der Waals surface area contributed by atoms with E-state index in [0.29, 0.717) is 29.7 Å². The minimum Gasteiger partial charge on any atom is -0.382 e. The number of anilines is 2. The van der Waals surface area contributed by atoms with E-state index < -0.39 is 0 Å². The third-order valence-electron chi connectivity index (χ3n) is 2.21. The Morgan fingerprint density at radius 1 is 1.41 bits per heavy atom.